The van der Waals surface area contributed by atoms with Crippen LogP contribution in [0.5, 0.6) is 0 Å². The minimum Gasteiger partial charge on any atom is -0.414 e. The predicted molar refractivity (Wildman–Crippen MR) is 101 cm³/mol. The average molecular weight is 341 g/mol. The molecule has 2 fully saturated rings. The van der Waals surface area contributed by atoms with Crippen LogP contribution >= 0.6 is 0 Å². The van der Waals surface area contributed by atoms with Crippen molar-refractivity contribution < 1.29 is 9.53 Å². The molecule has 0 aromatic rings. The minimum absolute atomic E-state index is 0.295. The summed E-state index contributed by atoms with van der Waals surface area (Å²) in [6, 6.07) is 0. The molecule has 1 N–H and O–H groups in total. The summed E-state index contributed by atoms with van der Waals surface area (Å²) in [5, 5.41) is 9.65. The van der Waals surface area contributed by atoms with Gasteiger partial charge in [-0.05, 0) is 73.4 Å². The van der Waals surface area contributed by atoms with E-state index in [0.29, 0.717) is 29.1 Å². The van der Waals surface area contributed by atoms with Gasteiger partial charge in [0, 0.05) is 12.7 Å². The summed E-state index contributed by atoms with van der Waals surface area (Å²) >= 11 is 0. The molecule has 136 valence electrons. The molecule has 0 aromatic carbocycles. The van der Waals surface area contributed by atoms with Crippen molar-refractivity contribution in [2.24, 2.45) is 23.2 Å². The fourth-order valence-electron chi connectivity index (χ4n) is 5.20. The Kier molecular flexibility index (Phi) is 5.75. The van der Waals surface area contributed by atoms with Gasteiger partial charge in [0.05, 0.1) is 0 Å². The molecule has 0 heterocycles. The molecule has 5 atom stereocenters. The molecule has 0 saturated heterocycles. The largest absolute Gasteiger partial charge is 0.414 e. The van der Waals surface area contributed by atoms with Crippen LogP contribution < -0.4 is 0 Å². The summed E-state index contributed by atoms with van der Waals surface area (Å²) in [6.07, 6.45) is 8.02. The minimum atomic E-state index is -1.69. The molecule has 2 rings (SSSR count). The van der Waals surface area contributed by atoms with Crippen LogP contribution in [0.15, 0.2) is 0 Å². The molecule has 2 saturated carbocycles. The van der Waals surface area contributed by atoms with Crippen molar-refractivity contribution in [3.8, 4) is 0 Å². The standard InChI is InChI=1S/C20H40O2Si/c1-15(12-14-21)16-10-11-17-18(9-8-13-20(16,17)5)22-23(6,7)19(2,3)4/h15-18,21H,8-14H2,1-7H3/t15-,16-,17+,18?,20?/m1/s1. The lowest BCUT2D eigenvalue weighted by molar-refractivity contribution is -0.0223. The number of hydrogen-bond donors (Lipinski definition) is 1. The van der Waals surface area contributed by atoms with Crippen LogP contribution in [0.1, 0.15) is 73.1 Å². The van der Waals surface area contributed by atoms with E-state index in [1.165, 1.54) is 32.1 Å². The summed E-state index contributed by atoms with van der Waals surface area (Å²) < 4.78 is 6.90. The van der Waals surface area contributed by atoms with Crippen LogP contribution in [-0.2, 0) is 4.43 Å². The zero-order valence-electron chi connectivity index (χ0n) is 16.6. The van der Waals surface area contributed by atoms with Gasteiger partial charge in [-0.15, -0.1) is 0 Å². The van der Waals surface area contributed by atoms with E-state index in [-0.39, 0.29) is 0 Å². The molecule has 23 heavy (non-hydrogen) atoms. The first-order valence-corrected chi connectivity index (χ1v) is 12.7. The van der Waals surface area contributed by atoms with Crippen LogP contribution in [-0.4, -0.2) is 26.1 Å². The van der Waals surface area contributed by atoms with Crippen LogP contribution in [0.3, 0.4) is 0 Å². The van der Waals surface area contributed by atoms with E-state index in [2.05, 4.69) is 47.7 Å². The Morgan fingerprint density at radius 2 is 1.87 bits per heavy atom. The maximum absolute atomic E-state index is 9.35. The second kappa shape index (κ2) is 6.80. The zero-order chi connectivity index (χ0) is 17.5. The van der Waals surface area contributed by atoms with E-state index in [9.17, 15) is 5.11 Å². The number of aliphatic hydroxyl groups is 1. The Hall–Kier alpha value is 0.137. The highest BCUT2D eigenvalue weighted by atomic mass is 28.4. The lowest BCUT2D eigenvalue weighted by Crippen LogP contribution is -2.50. The first-order valence-electron chi connectivity index (χ1n) is 9.81. The lowest BCUT2D eigenvalue weighted by atomic mass is 9.61. The highest BCUT2D eigenvalue weighted by Gasteiger charge is 2.54. The highest BCUT2D eigenvalue weighted by molar-refractivity contribution is 6.74. The average Bonchev–Trinajstić information content (AvgIpc) is 2.75. The topological polar surface area (TPSA) is 29.5 Å². The van der Waals surface area contributed by atoms with Crippen LogP contribution in [0.2, 0.25) is 18.1 Å². The molecule has 0 amide bonds. The molecule has 0 spiro atoms. The zero-order valence-corrected chi connectivity index (χ0v) is 17.6. The molecule has 2 aliphatic rings. The quantitative estimate of drug-likeness (QED) is 0.659. The van der Waals surface area contributed by atoms with Crippen molar-refractivity contribution in [1.82, 2.24) is 0 Å². The summed E-state index contributed by atoms with van der Waals surface area (Å²) in [7, 11) is -1.69. The molecule has 2 nitrogen and oxygen atoms in total. The van der Waals surface area contributed by atoms with Gasteiger partial charge in [-0.25, -0.2) is 0 Å². The number of hydrogen-bond acceptors (Lipinski definition) is 2. The van der Waals surface area contributed by atoms with E-state index in [1.54, 1.807) is 0 Å². The molecule has 0 radical (unpaired) electrons. The summed E-state index contributed by atoms with van der Waals surface area (Å²) in [5.74, 6) is 2.14. The molecule has 2 aliphatic carbocycles. The Bertz CT molecular complexity index is 401. The van der Waals surface area contributed by atoms with Crippen molar-refractivity contribution in [1.29, 1.82) is 0 Å². The van der Waals surface area contributed by atoms with Gasteiger partial charge in [0.1, 0.15) is 0 Å². The van der Waals surface area contributed by atoms with Crippen molar-refractivity contribution >= 4 is 8.32 Å². The number of rotatable bonds is 5. The fourth-order valence-corrected chi connectivity index (χ4v) is 6.59. The van der Waals surface area contributed by atoms with Gasteiger partial charge in [0.2, 0.25) is 0 Å². The Labute approximate surface area is 145 Å². The molecule has 0 aliphatic heterocycles. The normalized spacial score (nSPS) is 36.8. The summed E-state index contributed by atoms with van der Waals surface area (Å²) in [6.45, 7) is 17.1. The van der Waals surface area contributed by atoms with E-state index in [0.717, 1.165) is 18.3 Å². The van der Waals surface area contributed by atoms with Gasteiger partial charge in [0.25, 0.3) is 0 Å². The maximum Gasteiger partial charge on any atom is 0.192 e. The molecule has 0 bridgehead atoms. The SMILES string of the molecule is C[C@H](CCO)[C@H]1CC[C@H]2C(O[Si](C)(C)C(C)(C)C)CCCC12C. The van der Waals surface area contributed by atoms with Gasteiger partial charge in [-0.1, -0.05) is 41.0 Å². The molecular formula is C20H40O2Si. The highest BCUT2D eigenvalue weighted by Crippen LogP contribution is 2.59. The van der Waals surface area contributed by atoms with Gasteiger partial charge in [-0.2, -0.15) is 0 Å². The predicted octanol–water partition coefficient (Wildman–Crippen LogP) is 5.61. The molecule has 3 heteroatoms. The van der Waals surface area contributed by atoms with E-state index < -0.39 is 8.32 Å². The van der Waals surface area contributed by atoms with Gasteiger partial charge < -0.3 is 9.53 Å². The van der Waals surface area contributed by atoms with Crippen LogP contribution in [0.4, 0.5) is 0 Å². The monoisotopic (exact) mass is 340 g/mol. The molecular weight excluding hydrogens is 300 g/mol. The summed E-state index contributed by atoms with van der Waals surface area (Å²) in [4.78, 5) is 0. The third-order valence-corrected chi connectivity index (χ3v) is 12.2. The Morgan fingerprint density at radius 3 is 2.43 bits per heavy atom. The van der Waals surface area contributed by atoms with Crippen LogP contribution in [0, 0.1) is 23.2 Å². The van der Waals surface area contributed by atoms with Crippen molar-refractivity contribution in [2.75, 3.05) is 6.61 Å². The van der Waals surface area contributed by atoms with Gasteiger partial charge in [0.15, 0.2) is 8.32 Å². The Morgan fingerprint density at radius 1 is 1.22 bits per heavy atom. The second-order valence-corrected chi connectivity index (χ2v) is 14.9. The third-order valence-electron chi connectivity index (χ3n) is 7.66. The summed E-state index contributed by atoms with van der Waals surface area (Å²) in [5.41, 5.74) is 0.430. The van der Waals surface area contributed by atoms with Crippen LogP contribution in [0.25, 0.3) is 0 Å². The maximum atomic E-state index is 9.35. The fraction of sp³-hybridized carbons (Fsp3) is 1.00. The van der Waals surface area contributed by atoms with Gasteiger partial charge in [-0.3, -0.25) is 0 Å². The molecule has 2 unspecified atom stereocenters. The third kappa shape index (κ3) is 3.72. The van der Waals surface area contributed by atoms with E-state index in [4.69, 9.17) is 4.43 Å². The lowest BCUT2D eigenvalue weighted by Gasteiger charge is -2.50. The molecule has 0 aromatic heterocycles. The van der Waals surface area contributed by atoms with Crippen molar-refractivity contribution in [2.45, 2.75) is 97.4 Å². The first-order chi connectivity index (χ1) is 10.5. The number of aliphatic hydroxyl groups excluding tert-OH is 1. The second-order valence-electron chi connectivity index (χ2n) is 10.1. The van der Waals surface area contributed by atoms with E-state index in [1.807, 2.05) is 0 Å². The smallest absolute Gasteiger partial charge is 0.192 e. The van der Waals surface area contributed by atoms with Crippen molar-refractivity contribution in [3.05, 3.63) is 0 Å². The van der Waals surface area contributed by atoms with E-state index >= 15 is 0 Å². The first kappa shape index (κ1) is 19.5. The number of fused-ring (bicyclic) bond motifs is 1. The van der Waals surface area contributed by atoms with Gasteiger partial charge >= 0.3 is 0 Å². The van der Waals surface area contributed by atoms with Crippen molar-refractivity contribution in [3.63, 3.8) is 0 Å². The Balaban J connectivity index is 2.15.